The molecule has 4 rings (SSSR count). The van der Waals surface area contributed by atoms with Crippen LogP contribution in [0.3, 0.4) is 0 Å². The van der Waals surface area contributed by atoms with Crippen molar-refractivity contribution in [3.8, 4) is 17.2 Å². The van der Waals surface area contributed by atoms with E-state index in [1.54, 1.807) is 6.07 Å². The van der Waals surface area contributed by atoms with E-state index < -0.39 is 37.0 Å². The van der Waals surface area contributed by atoms with Gasteiger partial charge in [-0.25, -0.2) is 24.2 Å². The molecule has 0 spiro atoms. The fourth-order valence-electron chi connectivity index (χ4n) is 3.26. The Morgan fingerprint density at radius 3 is 2.49 bits per heavy atom. The number of nitrogens with zero attached hydrogens (tertiary/aromatic N) is 7. The van der Waals surface area contributed by atoms with Crippen molar-refractivity contribution in [2.45, 2.75) is 25.4 Å². The van der Waals surface area contributed by atoms with E-state index in [4.69, 9.17) is 27.9 Å². The van der Waals surface area contributed by atoms with Gasteiger partial charge in [0.15, 0.2) is 23.6 Å². The number of hydrogen-bond acceptors (Lipinski definition) is 8. The molecule has 1 N–H and O–H groups in total. The Morgan fingerprint density at radius 2 is 1.86 bits per heavy atom. The monoisotopic (exact) mass is 557 g/mol. The third-order valence-corrected chi connectivity index (χ3v) is 5.56. The third-order valence-electron chi connectivity index (χ3n) is 5.01. The van der Waals surface area contributed by atoms with Crippen LogP contribution in [-0.2, 0) is 17.8 Å². The number of aliphatic hydroxyl groups excluding tert-OH is 1. The van der Waals surface area contributed by atoms with Gasteiger partial charge in [0.05, 0.1) is 18.7 Å². The van der Waals surface area contributed by atoms with Crippen LogP contribution in [0.15, 0.2) is 47.4 Å². The van der Waals surface area contributed by atoms with Crippen LogP contribution in [0.4, 0.5) is 13.2 Å². The topological polar surface area (TPSA) is 130 Å². The van der Waals surface area contributed by atoms with Crippen LogP contribution in [0.25, 0.3) is 17.2 Å². The molecule has 0 radical (unpaired) electrons. The lowest BCUT2D eigenvalue weighted by atomic mass is 10.2. The molecule has 3 heterocycles. The molecule has 0 amide bonds. The van der Waals surface area contributed by atoms with Crippen molar-refractivity contribution in [2.75, 3.05) is 7.11 Å². The zero-order valence-electron chi connectivity index (χ0n) is 18.7. The number of aliphatic hydroxyl groups is 1. The van der Waals surface area contributed by atoms with E-state index in [0.717, 1.165) is 16.5 Å². The average molecular weight is 558 g/mol. The standard InChI is InChI=1S/C21H16Cl2F3N7O4/c1-37-19(35)18-28-15(29-33(18)17-13(23)3-2-8-27-17)10-32-20(36)31(9-14(34)21(24,25)26)16(30-32)11-4-6-12(22)7-5-11/h2-8,14,34H,9-10H2,1H3. The summed E-state index contributed by atoms with van der Waals surface area (Å²) in [5.41, 5.74) is -0.719. The zero-order chi connectivity index (χ0) is 26.9. The van der Waals surface area contributed by atoms with Crippen LogP contribution in [-0.4, -0.2) is 64.6 Å². The summed E-state index contributed by atoms with van der Waals surface area (Å²) in [5, 5.41) is 18.4. The molecule has 194 valence electrons. The predicted octanol–water partition coefficient (Wildman–Crippen LogP) is 2.75. The maximum atomic E-state index is 13.1. The minimum absolute atomic E-state index is 0.0522. The number of hydrogen-bond donors (Lipinski definition) is 1. The molecule has 1 unspecified atom stereocenters. The lowest BCUT2D eigenvalue weighted by Crippen LogP contribution is -2.37. The Kier molecular flexibility index (Phi) is 7.34. The number of aromatic nitrogens is 7. The van der Waals surface area contributed by atoms with Crippen molar-refractivity contribution in [1.82, 2.24) is 34.1 Å². The Bertz CT molecular complexity index is 1500. The summed E-state index contributed by atoms with van der Waals surface area (Å²) in [6.45, 7) is -1.56. The molecule has 0 aliphatic rings. The van der Waals surface area contributed by atoms with Gasteiger partial charge in [0.1, 0.15) is 6.54 Å². The lowest BCUT2D eigenvalue weighted by Gasteiger charge is -2.15. The molecule has 16 heteroatoms. The normalized spacial score (nSPS) is 12.5. The number of carbonyl (C=O) groups is 1. The van der Waals surface area contributed by atoms with Crippen LogP contribution < -0.4 is 5.69 Å². The van der Waals surface area contributed by atoms with Crippen LogP contribution >= 0.6 is 23.2 Å². The fourth-order valence-corrected chi connectivity index (χ4v) is 3.59. The summed E-state index contributed by atoms with van der Waals surface area (Å²) in [6, 6.07) is 8.90. The third kappa shape index (κ3) is 5.50. The van der Waals surface area contributed by atoms with Gasteiger partial charge in [0.25, 0.3) is 0 Å². The molecule has 37 heavy (non-hydrogen) atoms. The van der Waals surface area contributed by atoms with Crippen molar-refractivity contribution in [3.05, 3.63) is 74.8 Å². The molecule has 0 saturated carbocycles. The van der Waals surface area contributed by atoms with Crippen LogP contribution in [0, 0.1) is 0 Å². The van der Waals surface area contributed by atoms with Crippen molar-refractivity contribution in [3.63, 3.8) is 0 Å². The maximum absolute atomic E-state index is 13.1. The Morgan fingerprint density at radius 1 is 1.16 bits per heavy atom. The number of halogens is 5. The van der Waals surface area contributed by atoms with Gasteiger partial charge < -0.3 is 9.84 Å². The van der Waals surface area contributed by atoms with Gasteiger partial charge in [-0.3, -0.25) is 4.57 Å². The van der Waals surface area contributed by atoms with Gasteiger partial charge in [-0.2, -0.15) is 17.9 Å². The largest absolute Gasteiger partial charge is 0.463 e. The summed E-state index contributed by atoms with van der Waals surface area (Å²) in [6.07, 6.45) is -6.40. The highest BCUT2D eigenvalue weighted by atomic mass is 35.5. The second-order valence-electron chi connectivity index (χ2n) is 7.50. The van der Waals surface area contributed by atoms with Crippen LogP contribution in [0.1, 0.15) is 16.4 Å². The molecule has 1 atom stereocenters. The number of benzene rings is 1. The Labute approximate surface area is 215 Å². The number of alkyl halides is 3. The summed E-state index contributed by atoms with van der Waals surface area (Å²) in [5.74, 6) is -1.42. The van der Waals surface area contributed by atoms with Gasteiger partial charge in [0, 0.05) is 16.8 Å². The number of esters is 1. The Balaban J connectivity index is 1.79. The quantitative estimate of drug-likeness (QED) is 0.343. The van der Waals surface area contributed by atoms with E-state index in [1.165, 1.54) is 36.5 Å². The first-order valence-corrected chi connectivity index (χ1v) is 11.1. The number of rotatable bonds is 7. The zero-order valence-corrected chi connectivity index (χ0v) is 20.2. The van der Waals surface area contributed by atoms with Gasteiger partial charge in [-0.05, 0) is 36.4 Å². The second kappa shape index (κ2) is 10.3. The molecular weight excluding hydrogens is 542 g/mol. The van der Waals surface area contributed by atoms with E-state index in [2.05, 4.69) is 20.2 Å². The fraction of sp³-hybridized carbons (Fsp3) is 0.238. The molecule has 11 nitrogen and oxygen atoms in total. The van der Waals surface area contributed by atoms with Gasteiger partial charge in [0.2, 0.25) is 5.82 Å². The summed E-state index contributed by atoms with van der Waals surface area (Å²) < 4.78 is 46.4. The van der Waals surface area contributed by atoms with E-state index >= 15 is 0 Å². The number of carbonyl (C=O) groups excluding carboxylic acids is 1. The van der Waals surface area contributed by atoms with Gasteiger partial charge in [-0.15, -0.1) is 10.2 Å². The van der Waals surface area contributed by atoms with Crippen molar-refractivity contribution in [1.29, 1.82) is 0 Å². The van der Waals surface area contributed by atoms with Crippen molar-refractivity contribution >= 4 is 29.2 Å². The molecule has 0 bridgehead atoms. The van der Waals surface area contributed by atoms with E-state index in [1.807, 2.05) is 0 Å². The first-order chi connectivity index (χ1) is 17.5. The minimum Gasteiger partial charge on any atom is -0.463 e. The molecule has 0 aliphatic carbocycles. The highest BCUT2D eigenvalue weighted by molar-refractivity contribution is 6.32. The van der Waals surface area contributed by atoms with E-state index in [9.17, 15) is 27.9 Å². The summed E-state index contributed by atoms with van der Waals surface area (Å²) >= 11 is 12.1. The smallest absolute Gasteiger partial charge is 0.416 e. The van der Waals surface area contributed by atoms with Gasteiger partial charge in [-0.1, -0.05) is 23.2 Å². The highest BCUT2D eigenvalue weighted by Gasteiger charge is 2.39. The summed E-state index contributed by atoms with van der Waals surface area (Å²) in [4.78, 5) is 33.5. The molecular formula is C21H16Cl2F3N7O4. The molecule has 4 aromatic rings. The minimum atomic E-state index is -4.98. The molecule has 1 aromatic carbocycles. The number of pyridine rings is 1. The molecule has 0 saturated heterocycles. The predicted molar refractivity (Wildman–Crippen MR) is 124 cm³/mol. The van der Waals surface area contributed by atoms with Crippen LogP contribution in [0.5, 0.6) is 0 Å². The average Bonchev–Trinajstić information content (AvgIpc) is 3.40. The Hall–Kier alpha value is -3.75. The second-order valence-corrected chi connectivity index (χ2v) is 8.35. The van der Waals surface area contributed by atoms with Gasteiger partial charge >= 0.3 is 17.8 Å². The summed E-state index contributed by atoms with van der Waals surface area (Å²) in [7, 11) is 1.12. The first-order valence-electron chi connectivity index (χ1n) is 10.3. The highest BCUT2D eigenvalue weighted by Crippen LogP contribution is 2.24. The van der Waals surface area contributed by atoms with Crippen molar-refractivity contribution in [2.24, 2.45) is 0 Å². The van der Waals surface area contributed by atoms with Crippen molar-refractivity contribution < 1.29 is 27.8 Å². The number of methoxy groups -OCH3 is 1. The lowest BCUT2D eigenvalue weighted by molar-refractivity contribution is -0.207. The molecule has 3 aromatic heterocycles. The molecule has 0 aliphatic heterocycles. The number of ether oxygens (including phenoxy) is 1. The molecule has 0 fully saturated rings. The SMILES string of the molecule is COC(=O)c1nc(Cn2nc(-c3ccc(Cl)cc3)n(CC(O)C(F)(F)F)c2=O)nn1-c1ncccc1Cl. The van der Waals surface area contributed by atoms with E-state index in [-0.39, 0.29) is 33.9 Å². The maximum Gasteiger partial charge on any atom is 0.416 e. The van der Waals surface area contributed by atoms with E-state index in [0.29, 0.717) is 9.59 Å². The first kappa shape index (κ1) is 26.3. The van der Waals surface area contributed by atoms with Crippen LogP contribution in [0.2, 0.25) is 10.0 Å².